The quantitative estimate of drug-likeness (QED) is 0.625. The van der Waals surface area contributed by atoms with Crippen LogP contribution in [0.3, 0.4) is 0 Å². The van der Waals surface area contributed by atoms with Gasteiger partial charge in [0.05, 0.1) is 7.11 Å². The van der Waals surface area contributed by atoms with Crippen molar-refractivity contribution in [2.45, 2.75) is 26.4 Å². The summed E-state index contributed by atoms with van der Waals surface area (Å²) in [6.07, 6.45) is 0. The zero-order valence-electron chi connectivity index (χ0n) is 11.9. The average molecular weight is 300 g/mol. The first-order chi connectivity index (χ1) is 9.27. The second-order valence-corrected chi connectivity index (χ2v) is 6.59. The van der Waals surface area contributed by atoms with Crippen LogP contribution in [0.4, 0.5) is 5.69 Å². The molecule has 0 saturated heterocycles. The van der Waals surface area contributed by atoms with E-state index in [9.17, 15) is 13.2 Å². The fourth-order valence-corrected chi connectivity index (χ4v) is 3.30. The Morgan fingerprint density at radius 3 is 2.45 bits per heavy atom. The van der Waals surface area contributed by atoms with Crippen LogP contribution in [-0.2, 0) is 26.1 Å². The van der Waals surface area contributed by atoms with Crippen LogP contribution in [0.2, 0.25) is 0 Å². The highest BCUT2D eigenvalue weighted by Gasteiger charge is 2.28. The normalized spacial score (nSPS) is 11.8. The third kappa shape index (κ3) is 4.21. The monoisotopic (exact) mass is 300 g/mol. The molecule has 1 aromatic rings. The Labute approximate surface area is 119 Å². The van der Waals surface area contributed by atoms with Gasteiger partial charge in [-0.05, 0) is 25.5 Å². The molecule has 20 heavy (non-hydrogen) atoms. The Morgan fingerprint density at radius 1 is 1.35 bits per heavy atom. The summed E-state index contributed by atoms with van der Waals surface area (Å²) in [6.45, 7) is 3.62. The molecule has 0 aromatic heterocycles. The van der Waals surface area contributed by atoms with E-state index in [0.29, 0.717) is 11.3 Å². The van der Waals surface area contributed by atoms with Crippen molar-refractivity contribution >= 4 is 21.7 Å². The molecule has 1 rings (SSSR count). The fourth-order valence-electron chi connectivity index (χ4n) is 1.74. The summed E-state index contributed by atoms with van der Waals surface area (Å²) < 4.78 is 30.1. The van der Waals surface area contributed by atoms with E-state index in [-0.39, 0.29) is 12.6 Å². The zero-order chi connectivity index (χ0) is 15.3. The van der Waals surface area contributed by atoms with Gasteiger partial charge in [-0.3, -0.25) is 4.79 Å². The lowest BCUT2D eigenvalue weighted by atomic mass is 10.2. The lowest BCUT2D eigenvalue weighted by Gasteiger charge is -2.26. The maximum Gasteiger partial charge on any atom is 0.322 e. The lowest BCUT2D eigenvalue weighted by Crippen LogP contribution is -2.40. The fraction of sp³-hybridized carbons (Fsp3) is 0.462. The number of nitrogens with two attached hydrogens (primary N) is 1. The van der Waals surface area contributed by atoms with Gasteiger partial charge in [-0.2, -0.15) is 4.31 Å². The van der Waals surface area contributed by atoms with Crippen LogP contribution >= 0.6 is 0 Å². The molecule has 0 amide bonds. The maximum atomic E-state index is 12.2. The van der Waals surface area contributed by atoms with Gasteiger partial charge >= 0.3 is 5.97 Å². The molecule has 1 aromatic carbocycles. The molecule has 7 heteroatoms. The van der Waals surface area contributed by atoms with Crippen molar-refractivity contribution in [1.82, 2.24) is 4.31 Å². The molecule has 0 spiro atoms. The summed E-state index contributed by atoms with van der Waals surface area (Å²) in [7, 11) is -2.59. The van der Waals surface area contributed by atoms with Crippen LogP contribution in [0.25, 0.3) is 0 Å². The van der Waals surface area contributed by atoms with Crippen LogP contribution in [0.5, 0.6) is 0 Å². The number of benzene rings is 1. The van der Waals surface area contributed by atoms with Crippen molar-refractivity contribution in [3.8, 4) is 0 Å². The number of rotatable bonds is 6. The predicted molar refractivity (Wildman–Crippen MR) is 77.3 cm³/mol. The molecule has 0 heterocycles. The number of sulfonamides is 1. The van der Waals surface area contributed by atoms with Crippen molar-refractivity contribution in [2.75, 3.05) is 18.6 Å². The van der Waals surface area contributed by atoms with Gasteiger partial charge in [-0.25, -0.2) is 8.42 Å². The van der Waals surface area contributed by atoms with Crippen molar-refractivity contribution in [3.63, 3.8) is 0 Å². The molecule has 112 valence electrons. The molecular formula is C13H20N2O4S. The Balaban J connectivity index is 3.01. The number of hydrogen-bond donors (Lipinski definition) is 1. The Kier molecular flexibility index (Phi) is 5.52. The van der Waals surface area contributed by atoms with Crippen LogP contribution in [0, 0.1) is 0 Å². The molecule has 0 aliphatic rings. The molecule has 0 aliphatic carbocycles. The first-order valence-corrected chi connectivity index (χ1v) is 7.78. The summed E-state index contributed by atoms with van der Waals surface area (Å²) in [4.78, 5) is 11.2. The Hall–Kier alpha value is -1.60. The smallest absolute Gasteiger partial charge is 0.322 e. The molecule has 0 fully saturated rings. The topological polar surface area (TPSA) is 89.7 Å². The van der Waals surface area contributed by atoms with E-state index in [1.54, 1.807) is 38.1 Å². The van der Waals surface area contributed by atoms with E-state index >= 15 is 0 Å². The van der Waals surface area contributed by atoms with Crippen molar-refractivity contribution in [2.24, 2.45) is 0 Å². The van der Waals surface area contributed by atoms with Crippen LogP contribution in [0.1, 0.15) is 19.4 Å². The number of hydrogen-bond acceptors (Lipinski definition) is 5. The number of carbonyl (C=O) groups excluding carboxylic acids is 1. The SMILES string of the molecule is COC(=O)CS(=O)(=O)N(Cc1ccccc1N)C(C)C. The van der Waals surface area contributed by atoms with E-state index < -0.39 is 21.7 Å². The number of nitrogens with zero attached hydrogens (tertiary/aromatic N) is 1. The number of esters is 1. The Morgan fingerprint density at radius 2 is 1.95 bits per heavy atom. The summed E-state index contributed by atoms with van der Waals surface area (Å²) in [5.74, 6) is -1.45. The van der Waals surface area contributed by atoms with Crippen molar-refractivity contribution in [1.29, 1.82) is 0 Å². The maximum absolute atomic E-state index is 12.2. The number of anilines is 1. The first-order valence-electron chi connectivity index (χ1n) is 6.17. The third-order valence-electron chi connectivity index (χ3n) is 2.84. The average Bonchev–Trinajstić information content (AvgIpc) is 2.36. The minimum absolute atomic E-state index is 0.129. The van der Waals surface area contributed by atoms with Gasteiger partial charge in [0, 0.05) is 18.3 Å². The zero-order valence-corrected chi connectivity index (χ0v) is 12.7. The van der Waals surface area contributed by atoms with Crippen LogP contribution in [-0.4, -0.2) is 37.6 Å². The summed E-state index contributed by atoms with van der Waals surface area (Å²) in [5.41, 5.74) is 7.05. The van der Waals surface area contributed by atoms with Crippen molar-refractivity contribution in [3.05, 3.63) is 29.8 Å². The molecular weight excluding hydrogens is 280 g/mol. The second-order valence-electron chi connectivity index (χ2n) is 4.67. The standard InChI is InChI=1S/C13H20N2O4S/c1-10(2)15(20(17,18)9-13(16)19-3)8-11-6-4-5-7-12(11)14/h4-7,10H,8-9,14H2,1-3H3. The highest BCUT2D eigenvalue weighted by Crippen LogP contribution is 2.18. The molecule has 0 atom stereocenters. The molecule has 0 bridgehead atoms. The summed E-state index contributed by atoms with van der Waals surface area (Å²) in [6, 6.07) is 6.75. The summed E-state index contributed by atoms with van der Waals surface area (Å²) in [5, 5.41) is 0. The molecule has 0 unspecified atom stereocenters. The van der Waals surface area contributed by atoms with Gasteiger partial charge in [-0.15, -0.1) is 0 Å². The van der Waals surface area contributed by atoms with E-state index in [1.807, 2.05) is 0 Å². The predicted octanol–water partition coefficient (Wildman–Crippen LogP) is 0.982. The third-order valence-corrected chi connectivity index (χ3v) is 4.71. The first kappa shape index (κ1) is 16.5. The number of ether oxygens (including phenoxy) is 1. The van der Waals surface area contributed by atoms with Crippen LogP contribution < -0.4 is 5.73 Å². The van der Waals surface area contributed by atoms with Crippen molar-refractivity contribution < 1.29 is 17.9 Å². The van der Waals surface area contributed by atoms with Gasteiger partial charge in [0.2, 0.25) is 10.0 Å². The molecule has 0 radical (unpaired) electrons. The van der Waals surface area contributed by atoms with Crippen LogP contribution in [0.15, 0.2) is 24.3 Å². The van der Waals surface area contributed by atoms with Gasteiger partial charge in [0.15, 0.2) is 5.75 Å². The highest BCUT2D eigenvalue weighted by molar-refractivity contribution is 7.89. The lowest BCUT2D eigenvalue weighted by molar-refractivity contribution is -0.137. The molecule has 0 aliphatic heterocycles. The van der Waals surface area contributed by atoms with Gasteiger partial charge in [-0.1, -0.05) is 18.2 Å². The second kappa shape index (κ2) is 6.71. The summed E-state index contributed by atoms with van der Waals surface area (Å²) >= 11 is 0. The van der Waals surface area contributed by atoms with E-state index in [2.05, 4.69) is 4.74 Å². The number of nitrogen functional groups attached to an aromatic ring is 1. The van der Waals surface area contributed by atoms with Gasteiger partial charge in [0.1, 0.15) is 0 Å². The minimum atomic E-state index is -3.74. The van der Waals surface area contributed by atoms with Gasteiger partial charge in [0.25, 0.3) is 0 Å². The van der Waals surface area contributed by atoms with E-state index in [0.717, 1.165) is 7.11 Å². The molecule has 2 N–H and O–H groups in total. The molecule has 0 saturated carbocycles. The van der Waals surface area contributed by atoms with E-state index in [1.165, 1.54) is 4.31 Å². The Bertz CT molecular complexity index is 569. The van der Waals surface area contributed by atoms with E-state index in [4.69, 9.17) is 5.73 Å². The number of para-hydroxylation sites is 1. The number of methoxy groups -OCH3 is 1. The largest absolute Gasteiger partial charge is 0.468 e. The minimum Gasteiger partial charge on any atom is -0.468 e. The van der Waals surface area contributed by atoms with Gasteiger partial charge < -0.3 is 10.5 Å². The molecule has 6 nitrogen and oxygen atoms in total. The highest BCUT2D eigenvalue weighted by atomic mass is 32.2. The number of carbonyl (C=O) groups is 1.